The second-order valence-electron chi connectivity index (χ2n) is 4.37. The lowest BCUT2D eigenvalue weighted by Gasteiger charge is -2.00. The molecule has 0 aliphatic carbocycles. The number of nitrogen functional groups attached to an aromatic ring is 1. The fourth-order valence-electron chi connectivity index (χ4n) is 1.46. The number of aliphatic imine (C=N–C) groups is 1. The minimum absolute atomic E-state index is 0.250. The Labute approximate surface area is 135 Å². The van der Waals surface area contributed by atoms with E-state index in [9.17, 15) is 5.11 Å². The molecule has 1 rings (SSSR count). The Morgan fingerprint density at radius 2 is 2.14 bits per heavy atom. The second kappa shape index (κ2) is 9.63. The van der Waals surface area contributed by atoms with Gasteiger partial charge in [-0.1, -0.05) is 30.0 Å². The molecule has 4 nitrogen and oxygen atoms in total. The monoisotopic (exact) mass is 315 g/mol. The maximum absolute atomic E-state index is 9.46. The minimum Gasteiger partial charge on any atom is -0.508 e. The molecule has 1 aromatic rings. The SMILES string of the molecule is C/C=C(O)\C=C(/C)SC(/C=C/C=C/c1ccc(N)nc1)=NC. The number of aliphatic hydroxyl groups excluding tert-OH is 1. The highest BCUT2D eigenvalue weighted by atomic mass is 32.2. The first-order valence-corrected chi connectivity index (χ1v) is 7.61. The summed E-state index contributed by atoms with van der Waals surface area (Å²) in [4.78, 5) is 9.19. The second-order valence-corrected chi connectivity index (χ2v) is 5.63. The fraction of sp³-hybridized carbons (Fsp3) is 0.176. The van der Waals surface area contributed by atoms with Crippen LogP contribution in [0, 0.1) is 0 Å². The van der Waals surface area contributed by atoms with Crippen LogP contribution in [0.4, 0.5) is 5.82 Å². The van der Waals surface area contributed by atoms with Gasteiger partial charge in [0.25, 0.3) is 0 Å². The van der Waals surface area contributed by atoms with Crippen LogP contribution in [0.3, 0.4) is 0 Å². The third-order valence-electron chi connectivity index (χ3n) is 2.58. The predicted molar refractivity (Wildman–Crippen MR) is 97.9 cm³/mol. The fourth-order valence-corrected chi connectivity index (χ4v) is 2.21. The number of aliphatic hydroxyl groups is 1. The molecule has 0 atom stereocenters. The maximum Gasteiger partial charge on any atom is 0.123 e. The highest BCUT2D eigenvalue weighted by molar-refractivity contribution is 8.17. The number of thioether (sulfide) groups is 1. The number of rotatable bonds is 5. The lowest BCUT2D eigenvalue weighted by molar-refractivity contribution is 0.431. The minimum atomic E-state index is 0.250. The van der Waals surface area contributed by atoms with Crippen LogP contribution in [0.2, 0.25) is 0 Å². The van der Waals surface area contributed by atoms with Gasteiger partial charge in [-0.05, 0) is 54.7 Å². The van der Waals surface area contributed by atoms with Crippen molar-refractivity contribution in [1.82, 2.24) is 4.98 Å². The summed E-state index contributed by atoms with van der Waals surface area (Å²) in [5, 5.41) is 10.3. The standard InChI is InChI=1S/C17H21N3OS/c1-4-15(21)11-13(2)22-17(19-3)8-6-5-7-14-9-10-16(18)20-12-14/h4-12,21H,1-3H3,(H2,18,20)/b7-5+,8-6+,13-11+,15-4+,19-17?. The smallest absolute Gasteiger partial charge is 0.123 e. The van der Waals surface area contributed by atoms with Gasteiger partial charge in [0.2, 0.25) is 0 Å². The van der Waals surface area contributed by atoms with Crippen molar-refractivity contribution in [2.24, 2.45) is 4.99 Å². The van der Waals surface area contributed by atoms with E-state index in [1.54, 1.807) is 38.4 Å². The van der Waals surface area contributed by atoms with Gasteiger partial charge in [-0.15, -0.1) is 0 Å². The predicted octanol–water partition coefficient (Wildman–Crippen LogP) is 4.36. The summed E-state index contributed by atoms with van der Waals surface area (Å²) in [5.41, 5.74) is 6.52. The van der Waals surface area contributed by atoms with E-state index < -0.39 is 0 Å². The van der Waals surface area contributed by atoms with E-state index in [0.717, 1.165) is 15.5 Å². The number of hydrogen-bond donors (Lipinski definition) is 2. The Bertz CT molecular complexity index is 626. The highest BCUT2D eigenvalue weighted by Gasteiger charge is 1.97. The highest BCUT2D eigenvalue weighted by Crippen LogP contribution is 2.19. The summed E-state index contributed by atoms with van der Waals surface area (Å²) in [6.07, 6.45) is 12.8. The molecule has 0 bridgehead atoms. The zero-order valence-corrected chi connectivity index (χ0v) is 13.8. The molecule has 0 aromatic carbocycles. The number of aromatic nitrogens is 1. The molecule has 0 unspecified atom stereocenters. The third-order valence-corrected chi connectivity index (χ3v) is 3.55. The summed E-state index contributed by atoms with van der Waals surface area (Å²) in [7, 11) is 1.74. The summed E-state index contributed by atoms with van der Waals surface area (Å²) in [5.74, 6) is 0.760. The number of nitrogens with two attached hydrogens (primary N) is 1. The van der Waals surface area contributed by atoms with Gasteiger partial charge in [-0.2, -0.15) is 0 Å². The van der Waals surface area contributed by atoms with Gasteiger partial charge in [0.15, 0.2) is 0 Å². The Morgan fingerprint density at radius 1 is 1.36 bits per heavy atom. The zero-order valence-electron chi connectivity index (χ0n) is 13.0. The lowest BCUT2D eigenvalue weighted by Crippen LogP contribution is -1.88. The normalized spacial score (nSPS) is 14.2. The van der Waals surface area contributed by atoms with Crippen LogP contribution >= 0.6 is 11.8 Å². The van der Waals surface area contributed by atoms with Crippen molar-refractivity contribution in [1.29, 1.82) is 0 Å². The first kappa shape index (κ1) is 17.8. The number of anilines is 1. The lowest BCUT2D eigenvalue weighted by atomic mass is 10.2. The van der Waals surface area contributed by atoms with E-state index in [4.69, 9.17) is 5.73 Å². The Kier molecular flexibility index (Phi) is 7.78. The van der Waals surface area contributed by atoms with Crippen molar-refractivity contribution in [2.45, 2.75) is 13.8 Å². The molecule has 116 valence electrons. The van der Waals surface area contributed by atoms with Crippen LogP contribution in [0.5, 0.6) is 0 Å². The topological polar surface area (TPSA) is 71.5 Å². The molecule has 0 spiro atoms. The van der Waals surface area contributed by atoms with Gasteiger partial charge in [0.1, 0.15) is 11.6 Å². The van der Waals surface area contributed by atoms with E-state index in [1.807, 2.05) is 37.3 Å². The average Bonchev–Trinajstić information content (AvgIpc) is 2.51. The first-order chi connectivity index (χ1) is 10.5. The van der Waals surface area contributed by atoms with Gasteiger partial charge in [-0.3, -0.25) is 4.99 Å². The summed E-state index contributed by atoms with van der Waals surface area (Å²) in [6, 6.07) is 3.67. The van der Waals surface area contributed by atoms with Crippen molar-refractivity contribution >= 4 is 28.7 Å². The van der Waals surface area contributed by atoms with Crippen LogP contribution < -0.4 is 5.73 Å². The zero-order chi connectivity index (χ0) is 16.4. The molecule has 5 heteroatoms. The molecule has 0 aliphatic rings. The van der Waals surface area contributed by atoms with Crippen molar-refractivity contribution in [3.05, 3.63) is 64.9 Å². The van der Waals surface area contributed by atoms with Crippen LogP contribution in [0.15, 0.2) is 64.4 Å². The quantitative estimate of drug-likeness (QED) is 0.366. The maximum atomic E-state index is 9.46. The van der Waals surface area contributed by atoms with E-state index >= 15 is 0 Å². The molecule has 3 N–H and O–H groups in total. The van der Waals surface area contributed by atoms with Gasteiger partial charge >= 0.3 is 0 Å². The Morgan fingerprint density at radius 3 is 2.73 bits per heavy atom. The van der Waals surface area contributed by atoms with Gasteiger partial charge in [0.05, 0.1) is 5.04 Å². The van der Waals surface area contributed by atoms with E-state index in [1.165, 1.54) is 11.8 Å². The summed E-state index contributed by atoms with van der Waals surface area (Å²) < 4.78 is 0. The van der Waals surface area contributed by atoms with Crippen LogP contribution in [0.25, 0.3) is 6.08 Å². The molecular weight excluding hydrogens is 294 g/mol. The molecule has 22 heavy (non-hydrogen) atoms. The van der Waals surface area contributed by atoms with Gasteiger partial charge < -0.3 is 10.8 Å². The first-order valence-electron chi connectivity index (χ1n) is 6.79. The van der Waals surface area contributed by atoms with E-state index in [0.29, 0.717) is 5.82 Å². The number of pyridine rings is 1. The Balaban J connectivity index is 2.63. The molecule has 1 aromatic heterocycles. The molecule has 0 radical (unpaired) electrons. The van der Waals surface area contributed by atoms with Gasteiger partial charge in [-0.25, -0.2) is 4.98 Å². The molecule has 1 heterocycles. The molecule has 0 fully saturated rings. The molecule has 0 saturated carbocycles. The summed E-state index contributed by atoms with van der Waals surface area (Å²) >= 11 is 1.50. The van der Waals surface area contributed by atoms with Crippen LogP contribution in [-0.4, -0.2) is 22.2 Å². The average molecular weight is 315 g/mol. The third kappa shape index (κ3) is 6.95. The molecule has 0 amide bonds. The van der Waals surface area contributed by atoms with Crippen molar-refractivity contribution < 1.29 is 5.11 Å². The van der Waals surface area contributed by atoms with E-state index in [-0.39, 0.29) is 5.76 Å². The van der Waals surface area contributed by atoms with Crippen molar-refractivity contribution in [2.75, 3.05) is 12.8 Å². The van der Waals surface area contributed by atoms with Crippen molar-refractivity contribution in [3.8, 4) is 0 Å². The number of allylic oxidation sites excluding steroid dienone is 5. The van der Waals surface area contributed by atoms with Crippen LogP contribution in [-0.2, 0) is 0 Å². The van der Waals surface area contributed by atoms with Gasteiger partial charge in [0, 0.05) is 13.2 Å². The number of nitrogens with zero attached hydrogens (tertiary/aromatic N) is 2. The largest absolute Gasteiger partial charge is 0.508 e. The van der Waals surface area contributed by atoms with E-state index in [2.05, 4.69) is 9.98 Å². The molecular formula is C17H21N3OS. The Hall–Kier alpha value is -2.27. The molecule has 0 saturated heterocycles. The molecule has 0 aliphatic heterocycles. The summed E-state index contributed by atoms with van der Waals surface area (Å²) in [6.45, 7) is 3.72. The number of hydrogen-bond acceptors (Lipinski definition) is 5. The van der Waals surface area contributed by atoms with Crippen LogP contribution in [0.1, 0.15) is 19.4 Å². The van der Waals surface area contributed by atoms with Crippen molar-refractivity contribution in [3.63, 3.8) is 0 Å².